The van der Waals surface area contributed by atoms with E-state index in [0.29, 0.717) is 11.3 Å². The van der Waals surface area contributed by atoms with Crippen LogP contribution < -0.4 is 11.1 Å². The maximum Gasteiger partial charge on any atom is 0.251 e. The van der Waals surface area contributed by atoms with Crippen molar-refractivity contribution in [3.05, 3.63) is 51.7 Å². The summed E-state index contributed by atoms with van der Waals surface area (Å²) in [6.45, 7) is 3.90. The molecular formula is C14H16N2OS. The topological polar surface area (TPSA) is 55.1 Å². The van der Waals surface area contributed by atoms with Crippen molar-refractivity contribution in [2.75, 3.05) is 5.73 Å². The molecule has 0 aliphatic carbocycles. The number of hydrogen-bond donors (Lipinski definition) is 2. The summed E-state index contributed by atoms with van der Waals surface area (Å²) in [6.07, 6.45) is 0. The van der Waals surface area contributed by atoms with Crippen molar-refractivity contribution in [2.24, 2.45) is 0 Å². The molecule has 2 aromatic rings. The van der Waals surface area contributed by atoms with Gasteiger partial charge in [-0.1, -0.05) is 12.1 Å². The van der Waals surface area contributed by atoms with E-state index in [9.17, 15) is 4.79 Å². The molecule has 1 heterocycles. The van der Waals surface area contributed by atoms with E-state index in [-0.39, 0.29) is 11.9 Å². The van der Waals surface area contributed by atoms with Crippen LogP contribution in [0.15, 0.2) is 35.7 Å². The van der Waals surface area contributed by atoms with E-state index in [1.54, 1.807) is 23.5 Å². The maximum absolute atomic E-state index is 12.1. The van der Waals surface area contributed by atoms with E-state index in [1.165, 1.54) is 0 Å². The zero-order valence-corrected chi connectivity index (χ0v) is 11.3. The van der Waals surface area contributed by atoms with Crippen LogP contribution in [0.4, 0.5) is 5.69 Å². The first kappa shape index (κ1) is 12.6. The minimum atomic E-state index is -0.0948. The largest absolute Gasteiger partial charge is 0.398 e. The number of anilines is 1. The molecule has 3 nitrogen and oxygen atoms in total. The van der Waals surface area contributed by atoms with Gasteiger partial charge in [-0.15, -0.1) is 11.3 Å². The van der Waals surface area contributed by atoms with E-state index < -0.39 is 0 Å². The van der Waals surface area contributed by atoms with Crippen molar-refractivity contribution in [3.63, 3.8) is 0 Å². The number of amides is 1. The Morgan fingerprint density at radius 3 is 2.78 bits per heavy atom. The van der Waals surface area contributed by atoms with Gasteiger partial charge in [-0.3, -0.25) is 4.79 Å². The molecule has 4 heteroatoms. The molecule has 18 heavy (non-hydrogen) atoms. The second-order valence-corrected chi connectivity index (χ2v) is 5.26. The summed E-state index contributed by atoms with van der Waals surface area (Å²) in [7, 11) is 0. The highest BCUT2D eigenvalue weighted by Gasteiger charge is 2.12. The third-order valence-corrected chi connectivity index (χ3v) is 3.91. The van der Waals surface area contributed by atoms with Crippen LogP contribution in [0.1, 0.15) is 33.8 Å². The predicted octanol–water partition coefficient (Wildman–Crippen LogP) is 3.13. The first-order valence-electron chi connectivity index (χ1n) is 5.78. The van der Waals surface area contributed by atoms with E-state index in [4.69, 9.17) is 5.73 Å². The van der Waals surface area contributed by atoms with Gasteiger partial charge >= 0.3 is 0 Å². The van der Waals surface area contributed by atoms with Crippen LogP contribution in [0.25, 0.3) is 0 Å². The monoisotopic (exact) mass is 260 g/mol. The Labute approximate surface area is 111 Å². The SMILES string of the molecule is Cc1ccc(C(=O)NC(C)c2cccs2)cc1N. The van der Waals surface area contributed by atoms with E-state index in [1.807, 2.05) is 37.4 Å². The average Bonchev–Trinajstić information content (AvgIpc) is 2.86. The lowest BCUT2D eigenvalue weighted by molar-refractivity contribution is 0.0940. The van der Waals surface area contributed by atoms with Gasteiger partial charge in [0, 0.05) is 16.1 Å². The molecule has 0 saturated carbocycles. The second-order valence-electron chi connectivity index (χ2n) is 4.28. The highest BCUT2D eigenvalue weighted by Crippen LogP contribution is 2.19. The van der Waals surface area contributed by atoms with E-state index >= 15 is 0 Å². The molecule has 0 spiro atoms. The molecular weight excluding hydrogens is 244 g/mol. The van der Waals surface area contributed by atoms with Gasteiger partial charge in [-0.05, 0) is 43.0 Å². The predicted molar refractivity (Wildman–Crippen MR) is 75.8 cm³/mol. The van der Waals surface area contributed by atoms with Gasteiger partial charge < -0.3 is 11.1 Å². The molecule has 1 aromatic carbocycles. The number of nitrogens with two attached hydrogens (primary N) is 1. The fraction of sp³-hybridized carbons (Fsp3) is 0.214. The van der Waals surface area contributed by atoms with Gasteiger partial charge in [0.05, 0.1) is 6.04 Å². The molecule has 3 N–H and O–H groups in total. The number of aryl methyl sites for hydroxylation is 1. The number of carbonyl (C=O) groups is 1. The zero-order valence-electron chi connectivity index (χ0n) is 10.4. The molecule has 0 radical (unpaired) electrons. The summed E-state index contributed by atoms with van der Waals surface area (Å²) in [4.78, 5) is 13.2. The molecule has 0 fully saturated rings. The number of nitrogen functional groups attached to an aromatic ring is 1. The van der Waals surface area contributed by atoms with Gasteiger partial charge in [0.1, 0.15) is 0 Å². The van der Waals surface area contributed by atoms with Crippen LogP contribution >= 0.6 is 11.3 Å². The minimum absolute atomic E-state index is 0.0139. The van der Waals surface area contributed by atoms with Crippen LogP contribution in [-0.4, -0.2) is 5.91 Å². The van der Waals surface area contributed by atoms with Crippen molar-refractivity contribution >= 4 is 22.9 Å². The molecule has 0 saturated heterocycles. The summed E-state index contributed by atoms with van der Waals surface area (Å²) in [5, 5.41) is 4.96. The summed E-state index contributed by atoms with van der Waals surface area (Å²) < 4.78 is 0. The molecule has 0 aliphatic heterocycles. The summed E-state index contributed by atoms with van der Waals surface area (Å²) in [5.41, 5.74) is 8.03. The fourth-order valence-corrected chi connectivity index (χ4v) is 2.40. The summed E-state index contributed by atoms with van der Waals surface area (Å²) in [5.74, 6) is -0.0948. The number of carbonyl (C=O) groups excluding carboxylic acids is 1. The lowest BCUT2D eigenvalue weighted by atomic mass is 10.1. The third-order valence-electron chi connectivity index (χ3n) is 2.86. The Kier molecular flexibility index (Phi) is 3.67. The molecule has 0 aliphatic rings. The summed E-state index contributed by atoms with van der Waals surface area (Å²) >= 11 is 1.63. The lowest BCUT2D eigenvalue weighted by Gasteiger charge is -2.12. The third kappa shape index (κ3) is 2.71. The van der Waals surface area contributed by atoms with Gasteiger partial charge in [0.25, 0.3) is 5.91 Å². The first-order chi connectivity index (χ1) is 8.58. The number of nitrogens with one attached hydrogen (secondary N) is 1. The molecule has 94 valence electrons. The Morgan fingerprint density at radius 1 is 1.39 bits per heavy atom. The van der Waals surface area contributed by atoms with Crippen LogP contribution in [0.2, 0.25) is 0 Å². The highest BCUT2D eigenvalue weighted by molar-refractivity contribution is 7.10. The number of benzene rings is 1. The summed E-state index contributed by atoms with van der Waals surface area (Å²) in [6, 6.07) is 9.37. The van der Waals surface area contributed by atoms with Gasteiger partial charge in [-0.25, -0.2) is 0 Å². The van der Waals surface area contributed by atoms with Crippen LogP contribution in [-0.2, 0) is 0 Å². The van der Waals surface area contributed by atoms with Crippen molar-refractivity contribution in [2.45, 2.75) is 19.9 Å². The van der Waals surface area contributed by atoms with E-state index in [0.717, 1.165) is 10.4 Å². The van der Waals surface area contributed by atoms with Gasteiger partial charge in [0.2, 0.25) is 0 Å². The Morgan fingerprint density at radius 2 is 2.17 bits per heavy atom. The molecule has 2 rings (SSSR count). The molecule has 0 bridgehead atoms. The van der Waals surface area contributed by atoms with Crippen molar-refractivity contribution < 1.29 is 4.79 Å². The van der Waals surface area contributed by atoms with Crippen LogP contribution in [0.3, 0.4) is 0 Å². The molecule has 1 unspecified atom stereocenters. The quantitative estimate of drug-likeness (QED) is 0.833. The fourth-order valence-electron chi connectivity index (χ4n) is 1.67. The zero-order chi connectivity index (χ0) is 13.1. The standard InChI is InChI=1S/C14H16N2OS/c1-9-5-6-11(8-12(9)15)14(17)16-10(2)13-4-3-7-18-13/h3-8,10H,15H2,1-2H3,(H,16,17). The van der Waals surface area contributed by atoms with Crippen molar-refractivity contribution in [3.8, 4) is 0 Å². The van der Waals surface area contributed by atoms with Crippen molar-refractivity contribution in [1.29, 1.82) is 0 Å². The van der Waals surface area contributed by atoms with Gasteiger partial charge in [-0.2, -0.15) is 0 Å². The number of thiophene rings is 1. The Bertz CT molecular complexity index is 549. The Hall–Kier alpha value is -1.81. The molecule has 1 aromatic heterocycles. The smallest absolute Gasteiger partial charge is 0.251 e. The minimum Gasteiger partial charge on any atom is -0.398 e. The maximum atomic E-state index is 12.1. The first-order valence-corrected chi connectivity index (χ1v) is 6.66. The van der Waals surface area contributed by atoms with Crippen molar-refractivity contribution in [1.82, 2.24) is 5.32 Å². The number of rotatable bonds is 3. The van der Waals surface area contributed by atoms with E-state index in [2.05, 4.69) is 5.32 Å². The molecule has 1 atom stereocenters. The van der Waals surface area contributed by atoms with Crippen LogP contribution in [0, 0.1) is 6.92 Å². The van der Waals surface area contributed by atoms with Gasteiger partial charge in [0.15, 0.2) is 0 Å². The number of hydrogen-bond acceptors (Lipinski definition) is 3. The normalized spacial score (nSPS) is 12.1. The lowest BCUT2D eigenvalue weighted by Crippen LogP contribution is -2.26. The Balaban J connectivity index is 2.10. The molecule has 1 amide bonds. The second kappa shape index (κ2) is 5.23. The average molecular weight is 260 g/mol. The van der Waals surface area contributed by atoms with Crippen LogP contribution in [0.5, 0.6) is 0 Å². The highest BCUT2D eigenvalue weighted by atomic mass is 32.1.